The SMILES string of the molecule is CCn1c2ccccc2c2cc(C#Cc3ccc(C#Cc4ccc5c(c4)c4ccccc4n5CC)cc3)ccc21. The summed E-state index contributed by atoms with van der Waals surface area (Å²) in [4.78, 5) is 0. The number of aryl methyl sites for hydroxylation is 2. The minimum Gasteiger partial charge on any atom is -0.341 e. The summed E-state index contributed by atoms with van der Waals surface area (Å²) >= 11 is 0. The number of aromatic nitrogens is 2. The molecular formula is C38H28N2. The van der Waals surface area contributed by atoms with E-state index in [4.69, 9.17) is 0 Å². The van der Waals surface area contributed by atoms with Gasteiger partial charge >= 0.3 is 0 Å². The van der Waals surface area contributed by atoms with E-state index in [1.165, 1.54) is 43.6 Å². The van der Waals surface area contributed by atoms with Gasteiger partial charge in [-0.3, -0.25) is 0 Å². The molecule has 0 bridgehead atoms. The molecule has 0 amide bonds. The van der Waals surface area contributed by atoms with Crippen LogP contribution in [0.15, 0.2) is 109 Å². The van der Waals surface area contributed by atoms with Gasteiger partial charge in [0.05, 0.1) is 0 Å². The molecule has 7 aromatic rings. The fraction of sp³-hybridized carbons (Fsp3) is 0.105. The van der Waals surface area contributed by atoms with Crippen LogP contribution in [-0.2, 0) is 13.1 Å². The zero-order valence-electron chi connectivity index (χ0n) is 22.7. The van der Waals surface area contributed by atoms with Crippen LogP contribution in [0, 0.1) is 23.7 Å². The Morgan fingerprint density at radius 3 is 1.18 bits per heavy atom. The van der Waals surface area contributed by atoms with Crippen molar-refractivity contribution in [2.24, 2.45) is 0 Å². The topological polar surface area (TPSA) is 9.86 Å². The van der Waals surface area contributed by atoms with E-state index in [1.807, 2.05) is 0 Å². The van der Waals surface area contributed by atoms with Crippen molar-refractivity contribution >= 4 is 43.6 Å². The van der Waals surface area contributed by atoms with Crippen molar-refractivity contribution in [3.63, 3.8) is 0 Å². The number of nitrogens with zero attached hydrogens (tertiary/aromatic N) is 2. The highest BCUT2D eigenvalue weighted by Crippen LogP contribution is 2.30. The predicted molar refractivity (Wildman–Crippen MR) is 169 cm³/mol. The molecule has 0 saturated heterocycles. The third-order valence-corrected chi connectivity index (χ3v) is 7.76. The van der Waals surface area contributed by atoms with Crippen LogP contribution in [0.2, 0.25) is 0 Å². The number of fused-ring (bicyclic) bond motifs is 6. The Labute approximate surface area is 234 Å². The van der Waals surface area contributed by atoms with Gasteiger partial charge in [-0.05, 0) is 86.6 Å². The zero-order chi connectivity index (χ0) is 27.1. The summed E-state index contributed by atoms with van der Waals surface area (Å²) in [5.74, 6) is 13.4. The highest BCUT2D eigenvalue weighted by molar-refractivity contribution is 6.09. The summed E-state index contributed by atoms with van der Waals surface area (Å²) in [5, 5.41) is 5.07. The normalized spacial score (nSPS) is 11.1. The first kappa shape index (κ1) is 23.9. The lowest BCUT2D eigenvalue weighted by molar-refractivity contribution is 0.827. The summed E-state index contributed by atoms with van der Waals surface area (Å²) in [7, 11) is 0. The third-order valence-electron chi connectivity index (χ3n) is 7.76. The van der Waals surface area contributed by atoms with Crippen molar-refractivity contribution < 1.29 is 0 Å². The van der Waals surface area contributed by atoms with Crippen molar-refractivity contribution in [1.82, 2.24) is 9.13 Å². The molecule has 0 aliphatic rings. The van der Waals surface area contributed by atoms with E-state index in [2.05, 4.69) is 156 Å². The highest BCUT2D eigenvalue weighted by atomic mass is 15.0. The van der Waals surface area contributed by atoms with Crippen LogP contribution >= 0.6 is 0 Å². The number of para-hydroxylation sites is 2. The van der Waals surface area contributed by atoms with Crippen molar-refractivity contribution in [2.75, 3.05) is 0 Å². The summed E-state index contributed by atoms with van der Waals surface area (Å²) in [6.45, 7) is 6.28. The summed E-state index contributed by atoms with van der Waals surface area (Å²) in [5.41, 5.74) is 9.07. The van der Waals surface area contributed by atoms with Gasteiger partial charge in [0.1, 0.15) is 0 Å². The molecule has 7 rings (SSSR count). The van der Waals surface area contributed by atoms with Crippen LogP contribution in [0.4, 0.5) is 0 Å². The van der Waals surface area contributed by atoms with Crippen LogP contribution < -0.4 is 0 Å². The fourth-order valence-corrected chi connectivity index (χ4v) is 5.87. The molecule has 0 unspecified atom stereocenters. The van der Waals surface area contributed by atoms with Gasteiger partial charge in [-0.1, -0.05) is 60.1 Å². The van der Waals surface area contributed by atoms with Gasteiger partial charge in [-0.25, -0.2) is 0 Å². The highest BCUT2D eigenvalue weighted by Gasteiger charge is 2.10. The zero-order valence-corrected chi connectivity index (χ0v) is 22.7. The molecule has 0 N–H and O–H groups in total. The van der Waals surface area contributed by atoms with Gasteiger partial charge in [0, 0.05) is 79.0 Å². The first-order chi connectivity index (χ1) is 19.7. The Kier molecular flexibility index (Phi) is 5.88. The first-order valence-corrected chi connectivity index (χ1v) is 13.9. The van der Waals surface area contributed by atoms with Gasteiger partial charge in [0.25, 0.3) is 0 Å². The Bertz CT molecular complexity index is 2020. The van der Waals surface area contributed by atoms with E-state index in [-0.39, 0.29) is 0 Å². The van der Waals surface area contributed by atoms with Crippen molar-refractivity contribution in [2.45, 2.75) is 26.9 Å². The number of hydrogen-bond donors (Lipinski definition) is 0. The van der Waals surface area contributed by atoms with Crippen LogP contribution in [-0.4, -0.2) is 9.13 Å². The summed E-state index contributed by atoms with van der Waals surface area (Å²) in [6, 6.07) is 38.5. The smallest absolute Gasteiger partial charge is 0.0492 e. The van der Waals surface area contributed by atoms with Crippen molar-refractivity contribution in [3.05, 3.63) is 131 Å². The Morgan fingerprint density at radius 1 is 0.400 bits per heavy atom. The lowest BCUT2D eigenvalue weighted by Gasteiger charge is -2.02. The largest absolute Gasteiger partial charge is 0.341 e. The van der Waals surface area contributed by atoms with Gasteiger partial charge in [-0.2, -0.15) is 0 Å². The lowest BCUT2D eigenvalue weighted by Crippen LogP contribution is -1.92. The molecule has 0 saturated carbocycles. The van der Waals surface area contributed by atoms with Crippen LogP contribution in [0.3, 0.4) is 0 Å². The molecule has 0 fully saturated rings. The van der Waals surface area contributed by atoms with E-state index in [9.17, 15) is 0 Å². The van der Waals surface area contributed by atoms with E-state index >= 15 is 0 Å². The number of rotatable bonds is 2. The maximum absolute atomic E-state index is 3.36. The van der Waals surface area contributed by atoms with E-state index in [0.29, 0.717) is 0 Å². The molecule has 2 aromatic heterocycles. The molecule has 0 atom stereocenters. The molecule has 0 aliphatic heterocycles. The molecule has 2 heteroatoms. The maximum atomic E-state index is 3.36. The van der Waals surface area contributed by atoms with Crippen molar-refractivity contribution in [1.29, 1.82) is 0 Å². The second kappa shape index (κ2) is 9.85. The molecule has 0 aliphatic carbocycles. The number of hydrogen-bond acceptors (Lipinski definition) is 0. The fourth-order valence-electron chi connectivity index (χ4n) is 5.87. The van der Waals surface area contributed by atoms with Crippen LogP contribution in [0.5, 0.6) is 0 Å². The van der Waals surface area contributed by atoms with Gasteiger partial charge < -0.3 is 9.13 Å². The molecule has 2 heterocycles. The molecule has 5 aromatic carbocycles. The van der Waals surface area contributed by atoms with Crippen molar-refractivity contribution in [3.8, 4) is 23.7 Å². The third kappa shape index (κ3) is 4.03. The second-order valence-corrected chi connectivity index (χ2v) is 10.1. The lowest BCUT2D eigenvalue weighted by atomic mass is 10.1. The van der Waals surface area contributed by atoms with Gasteiger partial charge in [0.2, 0.25) is 0 Å². The maximum Gasteiger partial charge on any atom is 0.0492 e. The predicted octanol–water partition coefficient (Wildman–Crippen LogP) is 8.74. The molecule has 0 spiro atoms. The average molecular weight is 513 g/mol. The Balaban J connectivity index is 1.15. The van der Waals surface area contributed by atoms with Crippen LogP contribution in [0.1, 0.15) is 36.1 Å². The monoisotopic (exact) mass is 512 g/mol. The van der Waals surface area contributed by atoms with E-state index in [1.54, 1.807) is 0 Å². The summed E-state index contributed by atoms with van der Waals surface area (Å²) in [6.07, 6.45) is 0. The van der Waals surface area contributed by atoms with Gasteiger partial charge in [0.15, 0.2) is 0 Å². The average Bonchev–Trinajstić information content (AvgIpc) is 3.51. The first-order valence-electron chi connectivity index (χ1n) is 13.9. The molecule has 40 heavy (non-hydrogen) atoms. The van der Waals surface area contributed by atoms with E-state index < -0.39 is 0 Å². The van der Waals surface area contributed by atoms with Crippen LogP contribution in [0.25, 0.3) is 43.6 Å². The molecule has 2 nitrogen and oxygen atoms in total. The molecule has 0 radical (unpaired) electrons. The minimum absolute atomic E-state index is 0.947. The Morgan fingerprint density at radius 2 is 0.750 bits per heavy atom. The quantitative estimate of drug-likeness (QED) is 0.205. The standard InChI is InChI=1S/C38H28N2/c1-3-39-35-11-7-5-9-31(35)33-25-29(21-23-37(33)39)19-17-27-13-15-28(16-14-27)18-20-30-22-24-38-34(26-30)32-10-6-8-12-36(32)40(38)4-2/h5-16,21-26H,3-4H2,1-2H3. The van der Waals surface area contributed by atoms with E-state index in [0.717, 1.165) is 35.3 Å². The Hall–Kier alpha value is -5.18. The molecular weight excluding hydrogens is 484 g/mol. The number of benzene rings is 5. The summed E-state index contributed by atoms with van der Waals surface area (Å²) < 4.78 is 4.73. The van der Waals surface area contributed by atoms with Gasteiger partial charge in [-0.15, -0.1) is 0 Å². The minimum atomic E-state index is 0.947. The molecule has 190 valence electrons. The second-order valence-electron chi connectivity index (χ2n) is 10.1.